The van der Waals surface area contributed by atoms with Crippen molar-refractivity contribution in [2.75, 3.05) is 25.6 Å². The lowest BCUT2D eigenvalue weighted by Gasteiger charge is -2.31. The van der Waals surface area contributed by atoms with Gasteiger partial charge >= 0.3 is 5.69 Å². The van der Waals surface area contributed by atoms with E-state index in [0.29, 0.717) is 46.5 Å². The van der Waals surface area contributed by atoms with Crippen molar-refractivity contribution >= 4 is 34.8 Å². The second-order valence-corrected chi connectivity index (χ2v) is 12.0. The third-order valence-corrected chi connectivity index (χ3v) is 9.26. The predicted octanol–water partition coefficient (Wildman–Crippen LogP) is 3.50. The number of hydrogen-bond donors (Lipinski definition) is 3. The van der Waals surface area contributed by atoms with Crippen molar-refractivity contribution in [3.05, 3.63) is 90.2 Å². The number of carbonyl (C=O) groups excluding carboxylic acids is 1. The number of aliphatic hydroxyl groups excluding tert-OH is 1. The number of ether oxygens (including phenoxy) is 2. The van der Waals surface area contributed by atoms with Gasteiger partial charge in [-0.1, -0.05) is 53.5 Å². The molecule has 1 fully saturated rings. The molecule has 2 aliphatic rings. The van der Waals surface area contributed by atoms with Gasteiger partial charge in [0.1, 0.15) is 0 Å². The maximum Gasteiger partial charge on any atom is 0.346 e. The van der Waals surface area contributed by atoms with Gasteiger partial charge in [-0.25, -0.2) is 14.5 Å². The van der Waals surface area contributed by atoms with E-state index in [1.165, 1.54) is 14.1 Å². The molecule has 3 atom stereocenters. The lowest BCUT2D eigenvalue weighted by Crippen LogP contribution is -2.47. The number of hydrogen-bond acceptors (Lipinski definition) is 9. The number of carbonyl (C=O) groups is 1. The molecule has 0 radical (unpaired) electrons. The minimum Gasteiger partial charge on any atom is -0.481 e. The number of benzene rings is 2. The van der Waals surface area contributed by atoms with Crippen LogP contribution >= 0.6 is 23.2 Å². The summed E-state index contributed by atoms with van der Waals surface area (Å²) in [6.07, 6.45) is 1.79. The molecule has 1 aliphatic heterocycles. The van der Waals surface area contributed by atoms with Crippen molar-refractivity contribution in [2.45, 2.75) is 37.5 Å². The molecule has 12 nitrogen and oxygen atoms in total. The van der Waals surface area contributed by atoms with Crippen molar-refractivity contribution in [3.8, 4) is 28.3 Å². The topological polar surface area (TPSA) is 150 Å². The van der Waals surface area contributed by atoms with Gasteiger partial charge in [0, 0.05) is 55.0 Å². The minimum absolute atomic E-state index is 0.0148. The molecule has 2 aromatic carbocycles. The number of fused-ring (bicyclic) bond motifs is 1. The van der Waals surface area contributed by atoms with Gasteiger partial charge < -0.3 is 25.2 Å². The summed E-state index contributed by atoms with van der Waals surface area (Å²) in [7, 11) is 4.20. The van der Waals surface area contributed by atoms with Crippen LogP contribution in [0, 0.1) is 0 Å². The van der Waals surface area contributed by atoms with Gasteiger partial charge in [0.25, 0.3) is 11.5 Å². The van der Waals surface area contributed by atoms with Gasteiger partial charge in [-0.15, -0.1) is 0 Å². The molecule has 0 spiro atoms. The van der Waals surface area contributed by atoms with Crippen LogP contribution in [-0.4, -0.2) is 62.8 Å². The fraction of sp³-hybridized carbons (Fsp3) is 0.344. The Balaban J connectivity index is 1.31. The quantitative estimate of drug-likeness (QED) is 0.269. The summed E-state index contributed by atoms with van der Waals surface area (Å²) in [5, 5.41) is 21.1. The first-order valence-electron chi connectivity index (χ1n) is 14.7. The van der Waals surface area contributed by atoms with Gasteiger partial charge in [0.05, 0.1) is 41.2 Å². The number of halogens is 2. The Morgan fingerprint density at radius 2 is 1.78 bits per heavy atom. The molecular weight excluding hydrogens is 635 g/mol. The molecule has 1 saturated heterocycles. The Morgan fingerprint density at radius 3 is 2.52 bits per heavy atom. The van der Waals surface area contributed by atoms with Crippen LogP contribution in [0.2, 0.25) is 10.0 Å². The highest BCUT2D eigenvalue weighted by molar-refractivity contribution is 6.39. The summed E-state index contributed by atoms with van der Waals surface area (Å²) < 4.78 is 12.9. The van der Waals surface area contributed by atoms with Crippen LogP contribution in [-0.2, 0) is 25.3 Å². The molecule has 2 aromatic heterocycles. The van der Waals surface area contributed by atoms with Crippen molar-refractivity contribution in [3.63, 3.8) is 0 Å². The molecule has 1 amide bonds. The predicted molar refractivity (Wildman–Crippen MR) is 174 cm³/mol. The van der Waals surface area contributed by atoms with E-state index in [9.17, 15) is 19.5 Å². The average molecular weight is 668 g/mol. The van der Waals surface area contributed by atoms with Crippen molar-refractivity contribution in [1.29, 1.82) is 0 Å². The van der Waals surface area contributed by atoms with Crippen LogP contribution in [0.25, 0.3) is 22.4 Å². The second kappa shape index (κ2) is 13.0. The van der Waals surface area contributed by atoms with Crippen molar-refractivity contribution in [1.82, 2.24) is 24.6 Å². The van der Waals surface area contributed by atoms with E-state index in [2.05, 4.69) is 15.7 Å². The van der Waals surface area contributed by atoms with Crippen molar-refractivity contribution < 1.29 is 19.4 Å². The zero-order chi connectivity index (χ0) is 32.7. The van der Waals surface area contributed by atoms with E-state index in [1.54, 1.807) is 25.3 Å². The number of amides is 1. The third-order valence-electron chi connectivity index (χ3n) is 8.44. The average Bonchev–Trinajstić information content (AvgIpc) is 3.46. The van der Waals surface area contributed by atoms with E-state index < -0.39 is 29.0 Å². The van der Waals surface area contributed by atoms with E-state index in [0.717, 1.165) is 39.6 Å². The first-order chi connectivity index (χ1) is 22.1. The van der Waals surface area contributed by atoms with Crippen LogP contribution < -0.4 is 26.6 Å². The first kappa shape index (κ1) is 31.9. The van der Waals surface area contributed by atoms with Crippen LogP contribution in [0.3, 0.4) is 0 Å². The van der Waals surface area contributed by atoms with Crippen LogP contribution in [0.1, 0.15) is 40.5 Å². The molecular formula is C32H32Cl2N6O6. The molecule has 0 saturated carbocycles. The summed E-state index contributed by atoms with van der Waals surface area (Å²) >= 11 is 13.8. The SMILES string of the molecule is COc1nc(-c2cccc(-c3cccc(NC(=O)c4nn(C)c(=O)n(C)c4=O)c3Cl)c2Cl)cc2c1C(N[C@@H]1CCOC[C@@H]1O)CC2. The molecule has 1 aliphatic carbocycles. The van der Waals surface area contributed by atoms with Gasteiger partial charge in [-0.3, -0.25) is 14.2 Å². The Bertz CT molecular complexity index is 1960. The number of pyridine rings is 1. The lowest BCUT2D eigenvalue weighted by atomic mass is 9.99. The number of aliphatic hydroxyl groups is 1. The van der Waals surface area contributed by atoms with Crippen LogP contribution in [0.4, 0.5) is 5.69 Å². The highest BCUT2D eigenvalue weighted by Crippen LogP contribution is 2.44. The number of anilines is 1. The number of methoxy groups -OCH3 is 1. The largest absolute Gasteiger partial charge is 0.481 e. The number of aryl methyl sites for hydroxylation is 2. The van der Waals surface area contributed by atoms with Gasteiger partial charge in [0.2, 0.25) is 11.6 Å². The molecule has 4 aromatic rings. The summed E-state index contributed by atoms with van der Waals surface area (Å²) in [5.74, 6) is -0.324. The maximum absolute atomic E-state index is 13.0. The summed E-state index contributed by atoms with van der Waals surface area (Å²) in [4.78, 5) is 42.4. The highest BCUT2D eigenvalue weighted by Gasteiger charge is 2.33. The van der Waals surface area contributed by atoms with Crippen LogP contribution in [0.5, 0.6) is 5.88 Å². The normalized spacial score (nSPS) is 19.1. The highest BCUT2D eigenvalue weighted by atomic mass is 35.5. The number of nitrogens with zero attached hydrogens (tertiary/aromatic N) is 4. The summed E-state index contributed by atoms with van der Waals surface area (Å²) in [6, 6.07) is 12.5. The smallest absolute Gasteiger partial charge is 0.346 e. The second-order valence-electron chi connectivity index (χ2n) is 11.3. The molecule has 6 rings (SSSR count). The summed E-state index contributed by atoms with van der Waals surface area (Å²) in [6.45, 7) is 0.912. The number of aromatic nitrogens is 4. The Labute approximate surface area is 273 Å². The molecule has 0 bridgehead atoms. The van der Waals surface area contributed by atoms with E-state index in [4.69, 9.17) is 37.7 Å². The minimum atomic E-state index is -0.829. The molecule has 240 valence electrons. The van der Waals surface area contributed by atoms with Gasteiger partial charge in [0.15, 0.2) is 0 Å². The molecule has 14 heteroatoms. The Morgan fingerprint density at radius 1 is 1.07 bits per heavy atom. The number of nitrogens with one attached hydrogen (secondary N) is 2. The van der Waals surface area contributed by atoms with E-state index >= 15 is 0 Å². The zero-order valence-corrected chi connectivity index (χ0v) is 26.9. The molecule has 1 unspecified atom stereocenters. The standard InChI is InChI=1S/C32H32Cl2N6O6/c1-39-31(43)28(38-40(2)32(39)44)29(42)36-22-9-5-7-18(27(22)34)17-6-4-8-19(26(17)33)23-14-16-10-11-21(25(16)30(37-23)45-3)35-20-12-13-46-15-24(20)41/h4-9,14,20-21,24,35,41H,10-13,15H2,1-3H3,(H,36,42)/t20-,21?,24+/m1/s1. The van der Waals surface area contributed by atoms with E-state index in [-0.39, 0.29) is 22.8 Å². The maximum atomic E-state index is 13.0. The molecule has 46 heavy (non-hydrogen) atoms. The van der Waals surface area contributed by atoms with Crippen molar-refractivity contribution in [2.24, 2.45) is 14.1 Å². The lowest BCUT2D eigenvalue weighted by molar-refractivity contribution is -0.0304. The van der Waals surface area contributed by atoms with E-state index in [1.807, 2.05) is 24.3 Å². The Hall–Kier alpha value is -4.07. The summed E-state index contributed by atoms with van der Waals surface area (Å²) in [5.41, 5.74) is 2.80. The van der Waals surface area contributed by atoms with Gasteiger partial charge in [-0.2, -0.15) is 5.10 Å². The first-order valence-corrected chi connectivity index (χ1v) is 15.5. The fourth-order valence-corrected chi connectivity index (χ4v) is 6.64. The monoisotopic (exact) mass is 666 g/mol. The Kier molecular flexibility index (Phi) is 8.99. The molecule has 3 heterocycles. The third kappa shape index (κ3) is 5.82. The zero-order valence-electron chi connectivity index (χ0n) is 25.3. The van der Waals surface area contributed by atoms with Gasteiger partial charge in [-0.05, 0) is 37.0 Å². The number of rotatable bonds is 7. The fourth-order valence-electron chi connectivity index (χ4n) is 6.04. The molecule has 3 N–H and O–H groups in total. The van der Waals surface area contributed by atoms with Crippen LogP contribution in [0.15, 0.2) is 52.1 Å².